The molecule has 2 nitrogen and oxygen atoms in total. The van der Waals surface area contributed by atoms with Crippen molar-refractivity contribution in [1.82, 2.24) is 9.97 Å². The van der Waals surface area contributed by atoms with Crippen LogP contribution in [0.25, 0.3) is 0 Å². The third kappa shape index (κ3) is 5.26. The molecule has 0 fully saturated rings. The molecule has 0 saturated carbocycles. The molecule has 0 aliphatic carbocycles. The molecule has 0 aromatic carbocycles. The van der Waals surface area contributed by atoms with E-state index in [1.807, 2.05) is 6.07 Å². The van der Waals surface area contributed by atoms with Crippen LogP contribution in [-0.2, 0) is 5.41 Å². The van der Waals surface area contributed by atoms with Crippen molar-refractivity contribution in [3.63, 3.8) is 0 Å². The molecule has 96 valence electrons. The minimum atomic E-state index is -0.0573. The average Bonchev–Trinajstić information content (AvgIpc) is 2.14. The molecule has 1 heterocycles. The molecule has 0 unspecified atom stereocenters. The van der Waals surface area contributed by atoms with Gasteiger partial charge in [0.25, 0.3) is 0 Å². The van der Waals surface area contributed by atoms with Crippen LogP contribution in [0, 0.1) is 5.92 Å². The van der Waals surface area contributed by atoms with Crippen LogP contribution < -0.4 is 0 Å². The average molecular weight is 273 g/mol. The minimum absolute atomic E-state index is 0.0573. The normalized spacial score (nSPS) is 12.2. The fraction of sp³-hybridized carbons (Fsp3) is 0.692. The maximum absolute atomic E-state index is 6.03. The highest BCUT2D eigenvalue weighted by molar-refractivity contribution is 7.99. The van der Waals surface area contributed by atoms with Gasteiger partial charge in [0.15, 0.2) is 0 Å². The fourth-order valence-corrected chi connectivity index (χ4v) is 2.60. The van der Waals surface area contributed by atoms with Crippen LogP contribution in [0.15, 0.2) is 11.1 Å². The SMILES string of the molecule is CC(C)CCSc1cc(Cl)nc(C(C)(C)C)n1. The molecule has 0 radical (unpaired) electrons. The summed E-state index contributed by atoms with van der Waals surface area (Å²) in [6.45, 7) is 10.8. The lowest BCUT2D eigenvalue weighted by molar-refractivity contribution is 0.538. The van der Waals surface area contributed by atoms with E-state index >= 15 is 0 Å². The number of hydrogen-bond acceptors (Lipinski definition) is 3. The zero-order valence-corrected chi connectivity index (χ0v) is 12.8. The van der Waals surface area contributed by atoms with E-state index < -0.39 is 0 Å². The smallest absolute Gasteiger partial charge is 0.136 e. The summed E-state index contributed by atoms with van der Waals surface area (Å²) < 4.78 is 0. The molecule has 17 heavy (non-hydrogen) atoms. The van der Waals surface area contributed by atoms with E-state index in [9.17, 15) is 0 Å². The second-order valence-corrected chi connectivity index (χ2v) is 7.14. The molecule has 0 bridgehead atoms. The summed E-state index contributed by atoms with van der Waals surface area (Å²) in [7, 11) is 0. The van der Waals surface area contributed by atoms with E-state index in [0.717, 1.165) is 22.5 Å². The van der Waals surface area contributed by atoms with Crippen molar-refractivity contribution < 1.29 is 0 Å². The summed E-state index contributed by atoms with van der Waals surface area (Å²) in [5.41, 5.74) is -0.0573. The Balaban J connectivity index is 2.76. The Kier molecular flexibility index (Phi) is 5.26. The summed E-state index contributed by atoms with van der Waals surface area (Å²) in [5, 5.41) is 1.52. The minimum Gasteiger partial charge on any atom is -0.226 e. The van der Waals surface area contributed by atoms with Gasteiger partial charge in [-0.3, -0.25) is 0 Å². The van der Waals surface area contributed by atoms with Gasteiger partial charge in [-0.25, -0.2) is 9.97 Å². The number of nitrogens with zero attached hydrogens (tertiary/aromatic N) is 2. The quantitative estimate of drug-likeness (QED) is 0.593. The lowest BCUT2D eigenvalue weighted by Crippen LogP contribution is -2.16. The van der Waals surface area contributed by atoms with E-state index in [0.29, 0.717) is 5.15 Å². The Hall–Kier alpha value is -0.280. The first-order valence-electron chi connectivity index (χ1n) is 5.97. The third-order valence-electron chi connectivity index (χ3n) is 2.29. The van der Waals surface area contributed by atoms with Crippen molar-refractivity contribution in [2.75, 3.05) is 5.75 Å². The Morgan fingerprint density at radius 2 is 1.94 bits per heavy atom. The molecule has 1 aromatic heterocycles. The lowest BCUT2D eigenvalue weighted by atomic mass is 9.96. The van der Waals surface area contributed by atoms with Gasteiger partial charge in [0.2, 0.25) is 0 Å². The fourth-order valence-electron chi connectivity index (χ4n) is 1.21. The Morgan fingerprint density at radius 3 is 2.47 bits per heavy atom. The lowest BCUT2D eigenvalue weighted by Gasteiger charge is -2.17. The molecule has 0 aliphatic heterocycles. The highest BCUT2D eigenvalue weighted by Crippen LogP contribution is 2.25. The summed E-state index contributed by atoms with van der Waals surface area (Å²) in [4.78, 5) is 8.86. The maximum atomic E-state index is 6.03. The summed E-state index contributed by atoms with van der Waals surface area (Å²) in [6.07, 6.45) is 1.19. The molecular weight excluding hydrogens is 252 g/mol. The Morgan fingerprint density at radius 1 is 1.29 bits per heavy atom. The second kappa shape index (κ2) is 6.05. The van der Waals surface area contributed by atoms with Gasteiger partial charge >= 0.3 is 0 Å². The van der Waals surface area contributed by atoms with E-state index in [1.165, 1.54) is 6.42 Å². The van der Waals surface area contributed by atoms with Crippen LogP contribution in [0.1, 0.15) is 46.9 Å². The van der Waals surface area contributed by atoms with E-state index in [-0.39, 0.29) is 5.41 Å². The third-order valence-corrected chi connectivity index (χ3v) is 3.43. The van der Waals surface area contributed by atoms with Gasteiger partial charge in [0, 0.05) is 11.5 Å². The summed E-state index contributed by atoms with van der Waals surface area (Å²) in [5.74, 6) is 2.62. The molecule has 1 aromatic rings. The molecule has 0 N–H and O–H groups in total. The molecular formula is C13H21ClN2S. The zero-order valence-electron chi connectivity index (χ0n) is 11.2. The summed E-state index contributed by atoms with van der Waals surface area (Å²) >= 11 is 7.79. The maximum Gasteiger partial charge on any atom is 0.136 e. The first kappa shape index (κ1) is 14.8. The molecule has 0 amide bonds. The van der Waals surface area contributed by atoms with Crippen LogP contribution in [0.4, 0.5) is 0 Å². The van der Waals surface area contributed by atoms with E-state index in [2.05, 4.69) is 44.6 Å². The van der Waals surface area contributed by atoms with Crippen molar-refractivity contribution in [3.05, 3.63) is 17.0 Å². The number of halogens is 1. The molecule has 0 spiro atoms. The van der Waals surface area contributed by atoms with Crippen LogP contribution in [0.3, 0.4) is 0 Å². The van der Waals surface area contributed by atoms with Gasteiger partial charge in [-0.1, -0.05) is 46.2 Å². The largest absolute Gasteiger partial charge is 0.226 e. The number of rotatable bonds is 4. The van der Waals surface area contributed by atoms with Crippen molar-refractivity contribution in [2.24, 2.45) is 5.92 Å². The summed E-state index contributed by atoms with van der Waals surface area (Å²) in [6, 6.07) is 1.85. The van der Waals surface area contributed by atoms with Crippen LogP contribution in [0.5, 0.6) is 0 Å². The van der Waals surface area contributed by atoms with Gasteiger partial charge in [0.05, 0.1) is 0 Å². The van der Waals surface area contributed by atoms with Gasteiger partial charge in [0.1, 0.15) is 16.0 Å². The Labute approximate surface area is 114 Å². The van der Waals surface area contributed by atoms with Crippen molar-refractivity contribution in [2.45, 2.75) is 51.5 Å². The highest BCUT2D eigenvalue weighted by Gasteiger charge is 2.18. The number of aromatic nitrogens is 2. The van der Waals surface area contributed by atoms with Gasteiger partial charge in [-0.15, -0.1) is 11.8 Å². The van der Waals surface area contributed by atoms with Crippen molar-refractivity contribution >= 4 is 23.4 Å². The second-order valence-electron chi connectivity index (χ2n) is 5.63. The first-order valence-corrected chi connectivity index (χ1v) is 7.33. The predicted molar refractivity (Wildman–Crippen MR) is 75.9 cm³/mol. The standard InChI is InChI=1S/C13H21ClN2S/c1-9(2)6-7-17-11-8-10(14)15-12(16-11)13(3,4)5/h8-9H,6-7H2,1-5H3. The van der Waals surface area contributed by atoms with Crippen LogP contribution in [0.2, 0.25) is 5.15 Å². The Bertz CT molecular complexity index is 372. The van der Waals surface area contributed by atoms with E-state index in [1.54, 1.807) is 11.8 Å². The number of hydrogen-bond donors (Lipinski definition) is 0. The first-order chi connectivity index (χ1) is 7.79. The molecule has 0 atom stereocenters. The van der Waals surface area contributed by atoms with Gasteiger partial charge in [-0.05, 0) is 18.1 Å². The molecule has 4 heteroatoms. The van der Waals surface area contributed by atoms with Crippen molar-refractivity contribution in [3.8, 4) is 0 Å². The number of thioether (sulfide) groups is 1. The zero-order chi connectivity index (χ0) is 13.1. The van der Waals surface area contributed by atoms with Gasteiger partial charge < -0.3 is 0 Å². The predicted octanol–water partition coefficient (Wildman–Crippen LogP) is 4.57. The van der Waals surface area contributed by atoms with Crippen LogP contribution >= 0.6 is 23.4 Å². The van der Waals surface area contributed by atoms with Gasteiger partial charge in [-0.2, -0.15) is 0 Å². The highest BCUT2D eigenvalue weighted by atomic mass is 35.5. The molecule has 1 rings (SSSR count). The van der Waals surface area contributed by atoms with Crippen LogP contribution in [-0.4, -0.2) is 15.7 Å². The molecule has 0 saturated heterocycles. The molecule has 0 aliphatic rings. The van der Waals surface area contributed by atoms with Crippen molar-refractivity contribution in [1.29, 1.82) is 0 Å². The topological polar surface area (TPSA) is 25.8 Å². The monoisotopic (exact) mass is 272 g/mol. The van der Waals surface area contributed by atoms with E-state index in [4.69, 9.17) is 11.6 Å².